The number of carbonyl (C=O) groups is 2. The van der Waals surface area contributed by atoms with Gasteiger partial charge < -0.3 is 15.7 Å². The number of nitrogens with one attached hydrogen (secondary N) is 2. The predicted octanol–water partition coefficient (Wildman–Crippen LogP) is -0.218. The Hall–Kier alpha value is -1.70. The van der Waals surface area contributed by atoms with Crippen molar-refractivity contribution in [2.24, 2.45) is 0 Å². The normalized spacial score (nSPS) is 11.1. The molecule has 5 heteroatoms. The van der Waals surface area contributed by atoms with Crippen molar-refractivity contribution in [3.8, 4) is 12.3 Å². The Bertz CT molecular complexity index is 232. The van der Waals surface area contributed by atoms with E-state index < -0.39 is 12.0 Å². The summed E-state index contributed by atoms with van der Waals surface area (Å²) in [5.74, 6) is 1.35. The third-order valence-corrected chi connectivity index (χ3v) is 1.22. The van der Waals surface area contributed by atoms with Crippen LogP contribution in [0.1, 0.15) is 13.3 Å². The van der Waals surface area contributed by atoms with Crippen LogP contribution in [0, 0.1) is 12.3 Å². The summed E-state index contributed by atoms with van der Waals surface area (Å²) in [4.78, 5) is 20.9. The molecule has 0 bridgehead atoms. The largest absolute Gasteiger partial charge is 0.481 e. The first kappa shape index (κ1) is 11.3. The van der Waals surface area contributed by atoms with Crippen molar-refractivity contribution < 1.29 is 14.7 Å². The van der Waals surface area contributed by atoms with E-state index in [9.17, 15) is 9.59 Å². The molecule has 0 saturated carbocycles. The lowest BCUT2D eigenvalue weighted by Gasteiger charge is -2.08. The number of amides is 2. The van der Waals surface area contributed by atoms with Gasteiger partial charge in [0.05, 0.1) is 12.5 Å². The van der Waals surface area contributed by atoms with Crippen molar-refractivity contribution in [2.75, 3.05) is 6.54 Å². The lowest BCUT2D eigenvalue weighted by molar-refractivity contribution is -0.136. The van der Waals surface area contributed by atoms with Gasteiger partial charge in [-0.3, -0.25) is 4.79 Å². The third kappa shape index (κ3) is 6.69. The fraction of sp³-hybridized carbons (Fsp3) is 0.500. The van der Waals surface area contributed by atoms with Crippen LogP contribution in [0.25, 0.3) is 0 Å². The van der Waals surface area contributed by atoms with E-state index in [1.807, 2.05) is 0 Å². The maximum atomic E-state index is 10.9. The van der Waals surface area contributed by atoms with Crippen molar-refractivity contribution in [3.05, 3.63) is 0 Å². The summed E-state index contributed by atoms with van der Waals surface area (Å²) in [6.45, 7) is 1.75. The second-order valence-electron chi connectivity index (χ2n) is 2.43. The van der Waals surface area contributed by atoms with Crippen LogP contribution < -0.4 is 10.6 Å². The minimum atomic E-state index is -0.953. The lowest BCUT2D eigenvalue weighted by atomic mass is 10.4. The zero-order valence-electron chi connectivity index (χ0n) is 7.33. The van der Waals surface area contributed by atoms with Gasteiger partial charge in [-0.15, -0.1) is 6.42 Å². The molecule has 0 aliphatic carbocycles. The molecule has 3 N–H and O–H groups in total. The summed E-state index contributed by atoms with van der Waals surface area (Å²) in [5, 5.41) is 13.0. The van der Waals surface area contributed by atoms with Crippen LogP contribution in [0.5, 0.6) is 0 Å². The molecule has 13 heavy (non-hydrogen) atoms. The quantitative estimate of drug-likeness (QED) is 0.528. The van der Waals surface area contributed by atoms with Gasteiger partial charge >= 0.3 is 12.0 Å². The van der Waals surface area contributed by atoms with Gasteiger partial charge in [0.1, 0.15) is 0 Å². The topological polar surface area (TPSA) is 78.4 Å². The van der Waals surface area contributed by atoms with Gasteiger partial charge in [-0.1, -0.05) is 5.92 Å². The number of hydrogen-bond donors (Lipinski definition) is 3. The zero-order chi connectivity index (χ0) is 10.3. The van der Waals surface area contributed by atoms with Crippen molar-refractivity contribution in [1.82, 2.24) is 10.6 Å². The highest BCUT2D eigenvalue weighted by Crippen LogP contribution is 1.78. The molecule has 0 heterocycles. The van der Waals surface area contributed by atoms with E-state index in [0.29, 0.717) is 0 Å². The van der Waals surface area contributed by atoms with E-state index in [2.05, 4.69) is 16.6 Å². The van der Waals surface area contributed by atoms with Crippen molar-refractivity contribution >= 4 is 12.0 Å². The highest BCUT2D eigenvalue weighted by molar-refractivity contribution is 5.75. The number of hydrogen-bond acceptors (Lipinski definition) is 2. The molecule has 2 amide bonds. The fourth-order valence-electron chi connectivity index (χ4n) is 0.572. The molecular weight excluding hydrogens is 172 g/mol. The van der Waals surface area contributed by atoms with Gasteiger partial charge in [-0.25, -0.2) is 4.79 Å². The highest BCUT2D eigenvalue weighted by Gasteiger charge is 2.03. The average Bonchev–Trinajstić information content (AvgIpc) is 2.03. The van der Waals surface area contributed by atoms with Gasteiger partial charge in [-0.2, -0.15) is 0 Å². The van der Waals surface area contributed by atoms with E-state index in [1.165, 1.54) is 0 Å². The minimum absolute atomic E-state index is 0.0957. The Kier molecular flexibility index (Phi) is 5.12. The molecule has 0 aliphatic heterocycles. The molecule has 1 atom stereocenters. The second-order valence-corrected chi connectivity index (χ2v) is 2.43. The molecule has 0 radical (unpaired) electrons. The number of carbonyl (C=O) groups excluding carboxylic acids is 1. The smallest absolute Gasteiger partial charge is 0.315 e. The van der Waals surface area contributed by atoms with Gasteiger partial charge in [0, 0.05) is 6.54 Å². The number of aliphatic carboxylic acids is 1. The third-order valence-electron chi connectivity index (χ3n) is 1.22. The first-order valence-corrected chi connectivity index (χ1v) is 3.78. The van der Waals surface area contributed by atoms with E-state index in [-0.39, 0.29) is 19.0 Å². The Morgan fingerprint density at radius 1 is 1.62 bits per heavy atom. The van der Waals surface area contributed by atoms with E-state index >= 15 is 0 Å². The Balaban J connectivity index is 3.53. The molecular formula is C8H12N2O3. The molecule has 5 nitrogen and oxygen atoms in total. The van der Waals surface area contributed by atoms with Gasteiger partial charge in [0.25, 0.3) is 0 Å². The summed E-state index contributed by atoms with van der Waals surface area (Å²) in [7, 11) is 0. The number of urea groups is 1. The lowest BCUT2D eigenvalue weighted by Crippen LogP contribution is -2.40. The van der Waals surface area contributed by atoms with E-state index in [0.717, 1.165) is 0 Å². The maximum Gasteiger partial charge on any atom is 0.315 e. The monoisotopic (exact) mass is 184 g/mol. The molecule has 1 unspecified atom stereocenters. The summed E-state index contributed by atoms with van der Waals surface area (Å²) >= 11 is 0. The number of rotatable bonds is 4. The molecule has 0 aromatic carbocycles. The van der Waals surface area contributed by atoms with Crippen LogP contribution in [0.15, 0.2) is 0 Å². The van der Waals surface area contributed by atoms with Gasteiger partial charge in [0.15, 0.2) is 0 Å². The molecule has 0 aromatic rings. The Morgan fingerprint density at radius 3 is 2.69 bits per heavy atom. The second kappa shape index (κ2) is 5.89. The predicted molar refractivity (Wildman–Crippen MR) is 47.1 cm³/mol. The first-order chi connectivity index (χ1) is 6.06. The van der Waals surface area contributed by atoms with Crippen LogP contribution in [0.3, 0.4) is 0 Å². The van der Waals surface area contributed by atoms with Gasteiger partial charge in [-0.05, 0) is 6.92 Å². The Morgan fingerprint density at radius 2 is 2.23 bits per heavy atom. The van der Waals surface area contributed by atoms with Crippen LogP contribution in [-0.4, -0.2) is 29.7 Å². The van der Waals surface area contributed by atoms with Crippen LogP contribution >= 0.6 is 0 Å². The van der Waals surface area contributed by atoms with Crippen LogP contribution in [0.4, 0.5) is 4.79 Å². The van der Waals surface area contributed by atoms with Crippen LogP contribution in [0.2, 0.25) is 0 Å². The number of terminal acetylenes is 1. The zero-order valence-corrected chi connectivity index (χ0v) is 7.33. The minimum Gasteiger partial charge on any atom is -0.481 e. The summed E-state index contributed by atoms with van der Waals surface area (Å²) < 4.78 is 0. The maximum absolute atomic E-state index is 10.9. The molecule has 0 fully saturated rings. The summed E-state index contributed by atoms with van der Waals surface area (Å²) in [5.41, 5.74) is 0. The fourth-order valence-corrected chi connectivity index (χ4v) is 0.572. The van der Waals surface area contributed by atoms with Gasteiger partial charge in [0.2, 0.25) is 0 Å². The molecule has 0 aromatic heterocycles. The molecule has 0 saturated heterocycles. The van der Waals surface area contributed by atoms with Crippen molar-refractivity contribution in [1.29, 1.82) is 0 Å². The number of carboxylic acids is 1. The first-order valence-electron chi connectivity index (χ1n) is 3.78. The van der Waals surface area contributed by atoms with E-state index in [1.54, 1.807) is 6.92 Å². The number of carboxylic acid groups (broad SMARTS) is 1. The molecule has 72 valence electrons. The highest BCUT2D eigenvalue weighted by atomic mass is 16.4. The molecule has 0 spiro atoms. The SMILES string of the molecule is C#CC(C)NC(=O)NCCC(=O)O. The average molecular weight is 184 g/mol. The van der Waals surface area contributed by atoms with E-state index in [4.69, 9.17) is 11.5 Å². The molecule has 0 aliphatic rings. The van der Waals surface area contributed by atoms with Crippen LogP contribution in [-0.2, 0) is 4.79 Å². The standard InChI is InChI=1S/C8H12N2O3/c1-3-6(2)10-8(13)9-5-4-7(11)12/h1,6H,4-5H2,2H3,(H,11,12)(H2,9,10,13). The van der Waals surface area contributed by atoms with Crippen molar-refractivity contribution in [2.45, 2.75) is 19.4 Å². The van der Waals surface area contributed by atoms with Crippen molar-refractivity contribution in [3.63, 3.8) is 0 Å². The molecule has 0 rings (SSSR count). The Labute approximate surface area is 76.5 Å². The summed E-state index contributed by atoms with van der Waals surface area (Å²) in [6, 6.07) is -0.809. The summed E-state index contributed by atoms with van der Waals surface area (Å²) in [6.07, 6.45) is 4.91.